The van der Waals surface area contributed by atoms with E-state index in [-0.39, 0.29) is 11.2 Å². The predicted octanol–water partition coefficient (Wildman–Crippen LogP) is 5.13. The standard InChI is InChI=1S/C16H19ClFN/c1-2-12-5-7-16(11-19,8-6-12)10-13-9-14(18)3-4-15(13)17/h3-4,9,12H,2,5-8,10H2,1H3. The molecule has 19 heavy (non-hydrogen) atoms. The van der Waals surface area contributed by atoms with Crippen molar-refractivity contribution in [3.8, 4) is 6.07 Å². The highest BCUT2D eigenvalue weighted by molar-refractivity contribution is 6.31. The van der Waals surface area contributed by atoms with E-state index in [4.69, 9.17) is 11.6 Å². The van der Waals surface area contributed by atoms with E-state index in [9.17, 15) is 9.65 Å². The molecule has 0 N–H and O–H groups in total. The summed E-state index contributed by atoms with van der Waals surface area (Å²) >= 11 is 6.11. The first kappa shape index (κ1) is 14.3. The summed E-state index contributed by atoms with van der Waals surface area (Å²) in [6.45, 7) is 2.20. The van der Waals surface area contributed by atoms with Gasteiger partial charge in [-0.15, -0.1) is 0 Å². The van der Waals surface area contributed by atoms with Gasteiger partial charge in [0.15, 0.2) is 0 Å². The molecule has 3 heteroatoms. The lowest BCUT2D eigenvalue weighted by Crippen LogP contribution is -2.28. The molecule has 0 spiro atoms. The van der Waals surface area contributed by atoms with Crippen LogP contribution in [0.15, 0.2) is 18.2 Å². The normalized spacial score (nSPS) is 26.9. The third-order valence-corrected chi connectivity index (χ3v) is 4.78. The zero-order chi connectivity index (χ0) is 13.9. The van der Waals surface area contributed by atoms with Crippen molar-refractivity contribution in [3.63, 3.8) is 0 Å². The van der Waals surface area contributed by atoms with Gasteiger partial charge in [-0.2, -0.15) is 5.26 Å². The van der Waals surface area contributed by atoms with Crippen molar-refractivity contribution in [3.05, 3.63) is 34.6 Å². The summed E-state index contributed by atoms with van der Waals surface area (Å²) < 4.78 is 13.3. The van der Waals surface area contributed by atoms with Crippen LogP contribution in [-0.4, -0.2) is 0 Å². The zero-order valence-electron chi connectivity index (χ0n) is 11.3. The van der Waals surface area contributed by atoms with Crippen LogP contribution < -0.4 is 0 Å². The van der Waals surface area contributed by atoms with Gasteiger partial charge >= 0.3 is 0 Å². The first-order chi connectivity index (χ1) is 9.08. The van der Waals surface area contributed by atoms with Gasteiger partial charge in [-0.3, -0.25) is 0 Å². The second-order valence-corrected chi connectivity index (χ2v) is 6.06. The van der Waals surface area contributed by atoms with Gasteiger partial charge < -0.3 is 0 Å². The van der Waals surface area contributed by atoms with Crippen LogP contribution in [-0.2, 0) is 6.42 Å². The summed E-state index contributed by atoms with van der Waals surface area (Å²) in [4.78, 5) is 0. The first-order valence-corrected chi connectivity index (χ1v) is 7.31. The molecule has 1 fully saturated rings. The Labute approximate surface area is 119 Å². The van der Waals surface area contributed by atoms with Crippen LogP contribution in [0, 0.1) is 28.5 Å². The molecule has 1 saturated carbocycles. The molecule has 102 valence electrons. The largest absolute Gasteiger partial charge is 0.207 e. The molecule has 0 aromatic heterocycles. The molecule has 1 aromatic rings. The molecule has 0 aliphatic heterocycles. The highest BCUT2D eigenvalue weighted by Gasteiger charge is 2.35. The summed E-state index contributed by atoms with van der Waals surface area (Å²) in [7, 11) is 0. The predicted molar refractivity (Wildman–Crippen MR) is 75.4 cm³/mol. The number of hydrogen-bond donors (Lipinski definition) is 0. The molecule has 0 heterocycles. The van der Waals surface area contributed by atoms with Gasteiger partial charge in [0.05, 0.1) is 11.5 Å². The lowest BCUT2D eigenvalue weighted by Gasteiger charge is -2.35. The molecule has 0 amide bonds. The van der Waals surface area contributed by atoms with Crippen LogP contribution in [0.4, 0.5) is 4.39 Å². The minimum Gasteiger partial charge on any atom is -0.207 e. The fraction of sp³-hybridized carbons (Fsp3) is 0.562. The summed E-state index contributed by atoms with van der Waals surface area (Å²) in [6.07, 6.45) is 5.73. The number of hydrogen-bond acceptors (Lipinski definition) is 1. The Hall–Kier alpha value is -1.07. The molecule has 0 atom stereocenters. The second-order valence-electron chi connectivity index (χ2n) is 5.66. The van der Waals surface area contributed by atoms with E-state index in [2.05, 4.69) is 13.0 Å². The van der Waals surface area contributed by atoms with Crippen molar-refractivity contribution >= 4 is 11.6 Å². The molecular weight excluding hydrogens is 261 g/mol. The third kappa shape index (κ3) is 3.28. The quantitative estimate of drug-likeness (QED) is 0.752. The summed E-state index contributed by atoms with van der Waals surface area (Å²) in [5, 5.41) is 10.1. The van der Waals surface area contributed by atoms with Crippen LogP contribution in [0.2, 0.25) is 5.02 Å². The summed E-state index contributed by atoms with van der Waals surface area (Å²) in [6, 6.07) is 6.88. The zero-order valence-corrected chi connectivity index (χ0v) is 12.0. The monoisotopic (exact) mass is 279 g/mol. The van der Waals surface area contributed by atoms with Crippen molar-refractivity contribution < 1.29 is 4.39 Å². The van der Waals surface area contributed by atoms with Gasteiger partial charge in [-0.05, 0) is 61.8 Å². The minimum absolute atomic E-state index is 0.283. The van der Waals surface area contributed by atoms with Crippen LogP contribution in [0.5, 0.6) is 0 Å². The van der Waals surface area contributed by atoms with Crippen molar-refractivity contribution in [2.75, 3.05) is 0 Å². The maximum Gasteiger partial charge on any atom is 0.123 e. The van der Waals surface area contributed by atoms with E-state index in [1.807, 2.05) is 0 Å². The Morgan fingerprint density at radius 2 is 2.11 bits per heavy atom. The Balaban J connectivity index is 2.16. The SMILES string of the molecule is CCC1CCC(C#N)(Cc2cc(F)ccc2Cl)CC1. The molecule has 1 aliphatic carbocycles. The number of nitriles is 1. The van der Waals surface area contributed by atoms with Crippen molar-refractivity contribution in [2.24, 2.45) is 11.3 Å². The third-order valence-electron chi connectivity index (χ3n) is 4.41. The number of rotatable bonds is 3. The van der Waals surface area contributed by atoms with Gasteiger partial charge in [-0.1, -0.05) is 24.9 Å². The maximum absolute atomic E-state index is 13.3. The average Bonchev–Trinajstić information content (AvgIpc) is 2.44. The first-order valence-electron chi connectivity index (χ1n) is 6.94. The fourth-order valence-corrected chi connectivity index (χ4v) is 3.19. The minimum atomic E-state index is -0.358. The highest BCUT2D eigenvalue weighted by atomic mass is 35.5. The van der Waals surface area contributed by atoms with Crippen LogP contribution in [0.3, 0.4) is 0 Å². The van der Waals surface area contributed by atoms with Crippen LogP contribution in [0.1, 0.15) is 44.6 Å². The molecule has 0 unspecified atom stereocenters. The fourth-order valence-electron chi connectivity index (χ4n) is 3.01. The van der Waals surface area contributed by atoms with E-state index in [0.29, 0.717) is 11.4 Å². The molecule has 0 radical (unpaired) electrons. The van der Waals surface area contributed by atoms with Gasteiger partial charge in [0.25, 0.3) is 0 Å². The molecular formula is C16H19ClFN. The molecule has 0 bridgehead atoms. The Kier molecular flexibility index (Phi) is 4.47. The van der Waals surface area contributed by atoms with E-state index < -0.39 is 0 Å². The molecule has 0 saturated heterocycles. The van der Waals surface area contributed by atoms with Crippen molar-refractivity contribution in [1.29, 1.82) is 5.26 Å². The average molecular weight is 280 g/mol. The molecule has 1 nitrogen and oxygen atoms in total. The van der Waals surface area contributed by atoms with Crippen molar-refractivity contribution in [1.82, 2.24) is 0 Å². The molecule has 1 aromatic carbocycles. The van der Waals surface area contributed by atoms with Gasteiger partial charge in [0, 0.05) is 5.02 Å². The highest BCUT2D eigenvalue weighted by Crippen LogP contribution is 2.42. The lowest BCUT2D eigenvalue weighted by molar-refractivity contribution is 0.205. The number of nitrogens with zero attached hydrogens (tertiary/aromatic N) is 1. The summed E-state index contributed by atoms with van der Waals surface area (Å²) in [5.41, 5.74) is 0.404. The van der Waals surface area contributed by atoms with E-state index in [1.165, 1.54) is 18.6 Å². The van der Waals surface area contributed by atoms with Crippen LogP contribution >= 0.6 is 11.6 Å². The smallest absolute Gasteiger partial charge is 0.123 e. The molecule has 2 rings (SSSR count). The second kappa shape index (κ2) is 5.92. The molecule has 1 aliphatic rings. The number of halogens is 2. The van der Waals surface area contributed by atoms with Crippen LogP contribution in [0.25, 0.3) is 0 Å². The van der Waals surface area contributed by atoms with Gasteiger partial charge in [-0.25, -0.2) is 4.39 Å². The van der Waals surface area contributed by atoms with E-state index >= 15 is 0 Å². The Bertz CT molecular complexity index is 484. The van der Waals surface area contributed by atoms with E-state index in [0.717, 1.165) is 37.2 Å². The maximum atomic E-state index is 13.3. The number of benzene rings is 1. The summed E-state index contributed by atoms with van der Waals surface area (Å²) in [5.74, 6) is 0.458. The Morgan fingerprint density at radius 1 is 1.42 bits per heavy atom. The van der Waals surface area contributed by atoms with Gasteiger partial charge in [0.2, 0.25) is 0 Å². The topological polar surface area (TPSA) is 23.8 Å². The van der Waals surface area contributed by atoms with E-state index in [1.54, 1.807) is 6.07 Å². The van der Waals surface area contributed by atoms with Crippen molar-refractivity contribution in [2.45, 2.75) is 45.4 Å². The van der Waals surface area contributed by atoms with Gasteiger partial charge in [0.1, 0.15) is 5.82 Å². The Morgan fingerprint density at radius 3 is 2.68 bits per heavy atom. The lowest BCUT2D eigenvalue weighted by atomic mass is 9.68.